The molecule has 0 radical (unpaired) electrons. The lowest BCUT2D eigenvalue weighted by molar-refractivity contribution is -0.0428. The fraction of sp³-hybridized carbons (Fsp3) is 0.857. The molecule has 1 fully saturated rings. The van der Waals surface area contributed by atoms with Crippen molar-refractivity contribution in [2.45, 2.75) is 65.0 Å². The summed E-state index contributed by atoms with van der Waals surface area (Å²) in [6, 6.07) is 0. The van der Waals surface area contributed by atoms with Gasteiger partial charge in [-0.05, 0) is 24.7 Å². The Morgan fingerprint density at radius 2 is 2.28 bits per heavy atom. The van der Waals surface area contributed by atoms with E-state index in [-0.39, 0.29) is 0 Å². The van der Waals surface area contributed by atoms with Crippen LogP contribution in [0.1, 0.15) is 52.3 Å². The second kappa shape index (κ2) is 5.39. The molecule has 4 heteroatoms. The molecule has 0 saturated heterocycles. The zero-order valence-corrected chi connectivity index (χ0v) is 11.8. The van der Waals surface area contributed by atoms with E-state index in [1.807, 2.05) is 4.68 Å². The first-order valence-electron chi connectivity index (χ1n) is 7.10. The van der Waals surface area contributed by atoms with Crippen LogP contribution in [-0.4, -0.2) is 25.5 Å². The van der Waals surface area contributed by atoms with Gasteiger partial charge in [-0.15, -0.1) is 0 Å². The molecule has 0 aromatic carbocycles. The van der Waals surface area contributed by atoms with Gasteiger partial charge in [0.05, 0.1) is 5.60 Å². The van der Waals surface area contributed by atoms with Crippen molar-refractivity contribution in [1.82, 2.24) is 14.8 Å². The average Bonchev–Trinajstić information content (AvgIpc) is 2.69. The summed E-state index contributed by atoms with van der Waals surface area (Å²) < 4.78 is 1.95. The van der Waals surface area contributed by atoms with Crippen LogP contribution in [0.3, 0.4) is 0 Å². The molecule has 1 N–H and O–H groups in total. The monoisotopic (exact) mass is 251 g/mol. The third-order valence-corrected chi connectivity index (χ3v) is 4.11. The second-order valence-corrected chi connectivity index (χ2v) is 6.18. The minimum Gasteiger partial charge on any atom is -0.389 e. The summed E-state index contributed by atoms with van der Waals surface area (Å²) in [6.45, 7) is 7.37. The first-order valence-corrected chi connectivity index (χ1v) is 7.10. The second-order valence-electron chi connectivity index (χ2n) is 6.18. The smallest absolute Gasteiger partial charge is 0.138 e. The summed E-state index contributed by atoms with van der Waals surface area (Å²) in [4.78, 5) is 4.33. The van der Waals surface area contributed by atoms with Gasteiger partial charge in [-0.3, -0.25) is 0 Å². The molecule has 0 spiro atoms. The largest absolute Gasteiger partial charge is 0.389 e. The van der Waals surface area contributed by atoms with Gasteiger partial charge >= 0.3 is 0 Å². The topological polar surface area (TPSA) is 50.9 Å². The van der Waals surface area contributed by atoms with Gasteiger partial charge in [-0.1, -0.05) is 33.6 Å². The van der Waals surface area contributed by atoms with Crippen molar-refractivity contribution in [3.8, 4) is 0 Å². The number of nitrogens with zero attached hydrogens (tertiary/aromatic N) is 3. The number of rotatable bonds is 4. The van der Waals surface area contributed by atoms with Gasteiger partial charge in [0.1, 0.15) is 12.2 Å². The van der Waals surface area contributed by atoms with E-state index < -0.39 is 5.60 Å². The molecule has 0 amide bonds. The van der Waals surface area contributed by atoms with Crippen LogP contribution in [0.2, 0.25) is 0 Å². The molecule has 18 heavy (non-hydrogen) atoms. The Hall–Kier alpha value is -0.900. The summed E-state index contributed by atoms with van der Waals surface area (Å²) in [5.74, 6) is 1.83. The van der Waals surface area contributed by atoms with Crippen molar-refractivity contribution < 1.29 is 5.11 Å². The Balaban J connectivity index is 2.10. The Bertz CT molecular complexity index is 388. The summed E-state index contributed by atoms with van der Waals surface area (Å²) in [7, 11) is 0. The molecule has 1 saturated carbocycles. The zero-order chi connectivity index (χ0) is 13.2. The third-order valence-electron chi connectivity index (χ3n) is 4.11. The van der Waals surface area contributed by atoms with Crippen molar-refractivity contribution in [3.63, 3.8) is 0 Å². The van der Waals surface area contributed by atoms with E-state index in [4.69, 9.17) is 0 Å². The molecule has 2 atom stereocenters. The Labute approximate surface area is 109 Å². The van der Waals surface area contributed by atoms with E-state index >= 15 is 0 Å². The predicted molar refractivity (Wildman–Crippen MR) is 71.1 cm³/mol. The van der Waals surface area contributed by atoms with Crippen molar-refractivity contribution in [3.05, 3.63) is 12.2 Å². The minimum absolute atomic E-state index is 0.357. The molecule has 0 aliphatic heterocycles. The number of aliphatic hydroxyl groups is 1. The molecular weight excluding hydrogens is 226 g/mol. The zero-order valence-electron chi connectivity index (χ0n) is 11.8. The van der Waals surface area contributed by atoms with Gasteiger partial charge in [-0.25, -0.2) is 9.67 Å². The molecule has 102 valence electrons. The maximum Gasteiger partial charge on any atom is 0.138 e. The fourth-order valence-corrected chi connectivity index (χ4v) is 2.86. The number of aromatic nitrogens is 3. The van der Waals surface area contributed by atoms with Crippen LogP contribution in [0.15, 0.2) is 6.33 Å². The highest BCUT2D eigenvalue weighted by molar-refractivity contribution is 4.98. The van der Waals surface area contributed by atoms with Crippen LogP contribution >= 0.6 is 0 Å². The number of hydrogen-bond donors (Lipinski definition) is 1. The van der Waals surface area contributed by atoms with Crippen LogP contribution in [0.4, 0.5) is 0 Å². The average molecular weight is 251 g/mol. The van der Waals surface area contributed by atoms with Crippen LogP contribution in [0.5, 0.6) is 0 Å². The van der Waals surface area contributed by atoms with E-state index in [9.17, 15) is 5.11 Å². The lowest BCUT2D eigenvalue weighted by Crippen LogP contribution is -2.42. The van der Waals surface area contributed by atoms with Gasteiger partial charge in [0.2, 0.25) is 0 Å². The van der Waals surface area contributed by atoms with E-state index in [1.54, 1.807) is 6.33 Å². The lowest BCUT2D eigenvalue weighted by Gasteiger charge is -2.38. The Morgan fingerprint density at radius 3 is 2.94 bits per heavy atom. The third kappa shape index (κ3) is 2.91. The maximum atomic E-state index is 10.8. The van der Waals surface area contributed by atoms with Gasteiger partial charge in [-0.2, -0.15) is 5.10 Å². The highest BCUT2D eigenvalue weighted by Crippen LogP contribution is 2.35. The molecule has 2 unspecified atom stereocenters. The summed E-state index contributed by atoms with van der Waals surface area (Å²) in [5, 5.41) is 15.1. The normalized spacial score (nSPS) is 28.8. The highest BCUT2D eigenvalue weighted by Gasteiger charge is 2.37. The summed E-state index contributed by atoms with van der Waals surface area (Å²) in [6.07, 6.45) is 6.62. The summed E-state index contributed by atoms with van der Waals surface area (Å²) >= 11 is 0. The first-order chi connectivity index (χ1) is 8.51. The quantitative estimate of drug-likeness (QED) is 0.894. The van der Waals surface area contributed by atoms with Crippen LogP contribution < -0.4 is 0 Å². The van der Waals surface area contributed by atoms with Gasteiger partial charge in [0.25, 0.3) is 0 Å². The standard InChI is InChI=1S/C14H25N3O/c1-11(2)9-17-13(15-10-16-17)8-14(18)7-5-4-6-12(14)3/h10-12,18H,4-9H2,1-3H3. The van der Waals surface area contributed by atoms with E-state index in [2.05, 4.69) is 30.9 Å². The predicted octanol–water partition coefficient (Wildman–Crippen LogP) is 2.42. The Kier molecular flexibility index (Phi) is 4.05. The molecule has 1 aromatic heterocycles. The Morgan fingerprint density at radius 1 is 1.50 bits per heavy atom. The van der Waals surface area contributed by atoms with Crippen LogP contribution in [-0.2, 0) is 13.0 Å². The van der Waals surface area contributed by atoms with Crippen LogP contribution in [0.25, 0.3) is 0 Å². The molecular formula is C14H25N3O. The SMILES string of the molecule is CC(C)Cn1ncnc1CC1(O)CCCCC1C. The maximum absolute atomic E-state index is 10.8. The fourth-order valence-electron chi connectivity index (χ4n) is 2.86. The van der Waals surface area contributed by atoms with Gasteiger partial charge in [0.15, 0.2) is 0 Å². The van der Waals surface area contributed by atoms with Crippen molar-refractivity contribution in [1.29, 1.82) is 0 Å². The van der Waals surface area contributed by atoms with E-state index in [1.165, 1.54) is 6.42 Å². The van der Waals surface area contributed by atoms with Crippen molar-refractivity contribution in [2.75, 3.05) is 0 Å². The molecule has 1 aromatic rings. The van der Waals surface area contributed by atoms with Crippen molar-refractivity contribution >= 4 is 0 Å². The van der Waals surface area contributed by atoms with Crippen LogP contribution in [0, 0.1) is 11.8 Å². The molecule has 1 heterocycles. The van der Waals surface area contributed by atoms with E-state index in [0.29, 0.717) is 18.3 Å². The lowest BCUT2D eigenvalue weighted by atomic mass is 9.74. The van der Waals surface area contributed by atoms with Crippen molar-refractivity contribution in [2.24, 2.45) is 11.8 Å². The van der Waals surface area contributed by atoms with Gasteiger partial charge < -0.3 is 5.11 Å². The first kappa shape index (κ1) is 13.5. The number of hydrogen-bond acceptors (Lipinski definition) is 3. The molecule has 0 bridgehead atoms. The molecule has 4 nitrogen and oxygen atoms in total. The molecule has 1 aliphatic carbocycles. The van der Waals surface area contributed by atoms with E-state index in [0.717, 1.165) is 31.6 Å². The summed E-state index contributed by atoms with van der Waals surface area (Å²) in [5.41, 5.74) is -0.583. The molecule has 2 rings (SSSR count). The van der Waals surface area contributed by atoms with Gasteiger partial charge in [0, 0.05) is 13.0 Å². The minimum atomic E-state index is -0.583. The molecule has 1 aliphatic rings. The highest BCUT2D eigenvalue weighted by atomic mass is 16.3.